The summed E-state index contributed by atoms with van der Waals surface area (Å²) in [5, 5.41) is 22.5. The summed E-state index contributed by atoms with van der Waals surface area (Å²) in [5.74, 6) is 0. The Morgan fingerprint density at radius 3 is 1.07 bits per heavy atom. The molecule has 16 rings (SSSR count). The first-order chi connectivity index (χ1) is 37.3. The third-order valence-electron chi connectivity index (χ3n) is 16.4. The molecular weight excluding hydrogens is 991 g/mol. The molecule has 0 fully saturated rings. The second kappa shape index (κ2) is 17.7. The minimum absolute atomic E-state index is 0.298. The summed E-state index contributed by atoms with van der Waals surface area (Å²) in [6.45, 7) is 0. The van der Waals surface area contributed by atoms with Gasteiger partial charge in [-0.1, -0.05) is 224 Å². The van der Waals surface area contributed by atoms with E-state index >= 15 is 0 Å². The molecule has 0 heterocycles. The summed E-state index contributed by atoms with van der Waals surface area (Å²) in [6, 6.07) is 90.3. The molecule has 12 aromatic rings. The number of rotatable bonds is 2. The van der Waals surface area contributed by atoms with E-state index in [2.05, 4.69) is 228 Å². The summed E-state index contributed by atoms with van der Waals surface area (Å²) in [5.41, 5.74) is 38.0. The second-order valence-electron chi connectivity index (χ2n) is 20.2. The van der Waals surface area contributed by atoms with Crippen LogP contribution >= 0.6 is 15.9 Å². The van der Waals surface area contributed by atoms with Crippen molar-refractivity contribution in [2.24, 2.45) is 0 Å². The van der Waals surface area contributed by atoms with E-state index < -0.39 is 7.12 Å². The van der Waals surface area contributed by atoms with Gasteiger partial charge in [0.2, 0.25) is 0 Å². The molecule has 0 bridgehead atoms. The number of hydrogen-bond acceptors (Lipinski definition) is 4. The fraction of sp³-hybridized carbons (Fsp3) is 0.0286. The Morgan fingerprint density at radius 2 is 0.632 bits per heavy atom. The molecular formula is C70H48BBrN2O2. The number of halogens is 1. The Hall–Kier alpha value is -8.78. The molecule has 360 valence electrons. The van der Waals surface area contributed by atoms with Crippen LogP contribution in [0.5, 0.6) is 0 Å². The first kappa shape index (κ1) is 45.8. The van der Waals surface area contributed by atoms with Crippen LogP contribution in [0.25, 0.3) is 77.2 Å². The zero-order valence-corrected chi connectivity index (χ0v) is 42.8. The Morgan fingerprint density at radius 1 is 0.289 bits per heavy atom. The summed E-state index contributed by atoms with van der Waals surface area (Å²) >= 11 is 3.64. The third kappa shape index (κ3) is 6.64. The Labute approximate surface area is 450 Å². The van der Waals surface area contributed by atoms with Gasteiger partial charge in [0.05, 0.1) is 10.8 Å². The van der Waals surface area contributed by atoms with Crippen LogP contribution in [0.1, 0.15) is 44.5 Å². The molecule has 12 aromatic carbocycles. The topological polar surface area (TPSA) is 92.5 Å². The summed E-state index contributed by atoms with van der Waals surface area (Å²) in [7, 11) is -1.38. The molecule has 4 aliphatic carbocycles. The molecule has 0 radical (unpaired) electrons. The Balaban J connectivity index is 0.000000116. The molecule has 2 spiro atoms. The van der Waals surface area contributed by atoms with Crippen LogP contribution in [-0.4, -0.2) is 17.2 Å². The highest BCUT2D eigenvalue weighted by atomic mass is 79.9. The lowest BCUT2D eigenvalue weighted by molar-refractivity contribution is 0.426. The molecule has 6 N–H and O–H groups in total. The highest BCUT2D eigenvalue weighted by Crippen LogP contribution is 2.65. The molecule has 4 aliphatic rings. The van der Waals surface area contributed by atoms with E-state index in [1.165, 1.54) is 99.8 Å². The van der Waals surface area contributed by atoms with Gasteiger partial charge >= 0.3 is 7.12 Å². The van der Waals surface area contributed by atoms with Gasteiger partial charge in [-0.15, -0.1) is 0 Å². The van der Waals surface area contributed by atoms with Crippen molar-refractivity contribution in [3.8, 4) is 55.6 Å². The smallest absolute Gasteiger partial charge is 0.423 e. The van der Waals surface area contributed by atoms with Gasteiger partial charge in [0.25, 0.3) is 0 Å². The number of nitrogen functional groups attached to an aromatic ring is 2. The number of benzene rings is 12. The average molecular weight is 1040 g/mol. The lowest BCUT2D eigenvalue weighted by Gasteiger charge is -2.30. The van der Waals surface area contributed by atoms with Gasteiger partial charge in [-0.2, -0.15) is 0 Å². The second-order valence-corrected chi connectivity index (χ2v) is 21.1. The van der Waals surface area contributed by atoms with Crippen molar-refractivity contribution in [3.05, 3.63) is 304 Å². The van der Waals surface area contributed by atoms with E-state index in [4.69, 9.17) is 21.5 Å². The van der Waals surface area contributed by atoms with E-state index in [0.717, 1.165) is 37.7 Å². The van der Waals surface area contributed by atoms with Crippen LogP contribution in [0.2, 0.25) is 0 Å². The number of hydrogen-bond donors (Lipinski definition) is 4. The van der Waals surface area contributed by atoms with Gasteiger partial charge in [0, 0.05) is 21.4 Å². The minimum atomic E-state index is -1.38. The number of nitrogens with two attached hydrogens (primary N) is 2. The zero-order chi connectivity index (χ0) is 51.3. The number of anilines is 2. The van der Waals surface area contributed by atoms with Crippen molar-refractivity contribution in [2.45, 2.75) is 10.8 Å². The van der Waals surface area contributed by atoms with Gasteiger partial charge in [0.15, 0.2) is 0 Å². The maximum absolute atomic E-state index is 8.94. The predicted molar refractivity (Wildman–Crippen MR) is 319 cm³/mol. The van der Waals surface area contributed by atoms with Crippen molar-refractivity contribution < 1.29 is 10.0 Å². The number of fused-ring (bicyclic) bond motifs is 22. The lowest BCUT2D eigenvalue weighted by Crippen LogP contribution is -2.29. The molecule has 0 aromatic heterocycles. The summed E-state index contributed by atoms with van der Waals surface area (Å²) < 4.78 is 0.952. The standard InChI is InChI=1S/C35H23N.C25H16BrN.C10H9BO2/c36-34-21-33-29(20-28(34)24-18-17-22-9-1-2-10-23(22)19-24)27-13-5-8-16-32(27)35(33)30-14-6-3-11-25(30)26-12-4-7-15-31(26)35;26-23-13-18-17-9-3-6-12-21(17)25(22(18)14-24(23)27)19-10-4-1-7-15(19)16-8-2-5-11-20(16)25;12-11(13)10-6-5-8-3-1-2-4-9(8)7-10/h1-21H,36H2;1-14H,27H2;1-7,12-13H. The normalized spacial score (nSPS) is 13.5. The molecule has 0 amide bonds. The molecule has 76 heavy (non-hydrogen) atoms. The van der Waals surface area contributed by atoms with E-state index in [1.807, 2.05) is 30.3 Å². The maximum Gasteiger partial charge on any atom is 0.488 e. The zero-order valence-electron chi connectivity index (χ0n) is 41.3. The van der Waals surface area contributed by atoms with Crippen LogP contribution < -0.4 is 16.9 Å². The SMILES string of the molecule is Nc1cc2c(cc1-c1ccc3ccccc3c1)-c1ccccc1C21c2ccccc2-c2ccccc21.Nc1cc2c(cc1Br)-c1ccccc1C21c2ccccc2-c2ccccc21.OB(O)c1ccc2ccccc2c1. The van der Waals surface area contributed by atoms with Crippen LogP contribution in [0.15, 0.2) is 259 Å². The predicted octanol–water partition coefficient (Wildman–Crippen LogP) is 15.3. The quantitative estimate of drug-likeness (QED) is 0.103. The van der Waals surface area contributed by atoms with Gasteiger partial charge < -0.3 is 21.5 Å². The van der Waals surface area contributed by atoms with Crippen LogP contribution in [0.3, 0.4) is 0 Å². The average Bonchev–Trinajstić information content (AvgIpc) is 4.19. The van der Waals surface area contributed by atoms with E-state index in [-0.39, 0.29) is 10.8 Å². The van der Waals surface area contributed by atoms with Crippen molar-refractivity contribution in [3.63, 3.8) is 0 Å². The van der Waals surface area contributed by atoms with Gasteiger partial charge in [-0.05, 0) is 168 Å². The molecule has 6 heteroatoms. The van der Waals surface area contributed by atoms with Crippen LogP contribution in [0.4, 0.5) is 11.4 Å². The lowest BCUT2D eigenvalue weighted by atomic mass is 9.70. The van der Waals surface area contributed by atoms with Crippen LogP contribution in [-0.2, 0) is 10.8 Å². The van der Waals surface area contributed by atoms with E-state index in [9.17, 15) is 0 Å². The first-order valence-corrected chi connectivity index (χ1v) is 26.5. The van der Waals surface area contributed by atoms with Gasteiger partial charge in [-0.3, -0.25) is 0 Å². The summed E-state index contributed by atoms with van der Waals surface area (Å²) in [4.78, 5) is 0. The van der Waals surface area contributed by atoms with Gasteiger partial charge in [-0.25, -0.2) is 0 Å². The Kier molecular flexibility index (Phi) is 10.7. The molecule has 0 saturated heterocycles. The van der Waals surface area contributed by atoms with Crippen molar-refractivity contribution >= 4 is 61.4 Å². The summed E-state index contributed by atoms with van der Waals surface area (Å²) in [6.07, 6.45) is 0. The van der Waals surface area contributed by atoms with Gasteiger partial charge in [0.1, 0.15) is 0 Å². The molecule has 4 nitrogen and oxygen atoms in total. The minimum Gasteiger partial charge on any atom is -0.423 e. The van der Waals surface area contributed by atoms with E-state index in [1.54, 1.807) is 12.1 Å². The van der Waals surface area contributed by atoms with Crippen molar-refractivity contribution in [1.29, 1.82) is 0 Å². The highest BCUT2D eigenvalue weighted by molar-refractivity contribution is 9.10. The largest absolute Gasteiger partial charge is 0.488 e. The monoisotopic (exact) mass is 1040 g/mol. The highest BCUT2D eigenvalue weighted by Gasteiger charge is 2.53. The fourth-order valence-corrected chi connectivity index (χ4v) is 13.6. The maximum atomic E-state index is 8.94. The van der Waals surface area contributed by atoms with Crippen molar-refractivity contribution in [1.82, 2.24) is 0 Å². The molecule has 0 unspecified atom stereocenters. The third-order valence-corrected chi connectivity index (χ3v) is 17.1. The molecule has 0 atom stereocenters. The Bertz CT molecular complexity index is 4260. The van der Waals surface area contributed by atoms with E-state index in [0.29, 0.717) is 5.46 Å². The van der Waals surface area contributed by atoms with Crippen molar-refractivity contribution in [2.75, 3.05) is 11.5 Å². The van der Waals surface area contributed by atoms with Crippen LogP contribution in [0, 0.1) is 0 Å². The fourth-order valence-electron chi connectivity index (χ4n) is 13.3. The molecule has 0 saturated carbocycles. The first-order valence-electron chi connectivity index (χ1n) is 25.7. The molecule has 0 aliphatic heterocycles.